The van der Waals surface area contributed by atoms with Crippen LogP contribution in [0.15, 0.2) is 28.9 Å². The van der Waals surface area contributed by atoms with E-state index in [-0.39, 0.29) is 5.54 Å². The van der Waals surface area contributed by atoms with E-state index >= 15 is 0 Å². The summed E-state index contributed by atoms with van der Waals surface area (Å²) in [4.78, 5) is 26.3. The van der Waals surface area contributed by atoms with Gasteiger partial charge >= 0.3 is 6.09 Å². The van der Waals surface area contributed by atoms with Gasteiger partial charge < -0.3 is 14.5 Å². The Morgan fingerprint density at radius 3 is 2.52 bits per heavy atom. The second kappa shape index (κ2) is 6.15. The predicted octanol–water partition coefficient (Wildman–Crippen LogP) is 5.33. The smallest absolute Gasteiger partial charge is 0.421 e. The van der Waals surface area contributed by atoms with E-state index in [0.717, 1.165) is 27.1 Å². The summed E-state index contributed by atoms with van der Waals surface area (Å²) in [6.07, 6.45) is 2.97. The largest absolute Gasteiger partial charge is 0.462 e. The Morgan fingerprint density at radius 2 is 1.93 bits per heavy atom. The number of allylic oxidation sites excluding steroid dienone is 1. The Labute approximate surface area is 159 Å². The molecule has 0 saturated carbocycles. The quantitative estimate of drug-likeness (QED) is 0.735. The van der Waals surface area contributed by atoms with Crippen molar-refractivity contribution in [1.29, 1.82) is 0 Å². The molecule has 0 aliphatic carbocycles. The summed E-state index contributed by atoms with van der Waals surface area (Å²) >= 11 is 0. The topological polar surface area (TPSA) is 71.8 Å². The number of carbonyl (C=O) groups excluding carboxylic acids is 2. The highest BCUT2D eigenvalue weighted by molar-refractivity contribution is 6.16. The standard InChI is InChI=1S/C21H26N2O4/c1-12-11-21(6,7)22-17-16(12)15(10-14-8-9-26-18(14)17)23(13(2)24)19(25)27-20(3,4)5/h8-11,22H,1-7H3. The Balaban J connectivity index is 2.26. The van der Waals surface area contributed by atoms with Crippen LogP contribution in [0.5, 0.6) is 0 Å². The first-order valence-corrected chi connectivity index (χ1v) is 8.95. The molecule has 27 heavy (non-hydrogen) atoms. The van der Waals surface area contributed by atoms with Gasteiger partial charge in [-0.1, -0.05) is 6.08 Å². The maximum Gasteiger partial charge on any atom is 0.421 e. The summed E-state index contributed by atoms with van der Waals surface area (Å²) in [6, 6.07) is 3.61. The van der Waals surface area contributed by atoms with Crippen LogP contribution in [0, 0.1) is 0 Å². The number of anilines is 2. The number of hydrogen-bond acceptors (Lipinski definition) is 5. The molecule has 0 bridgehead atoms. The Morgan fingerprint density at radius 1 is 1.26 bits per heavy atom. The molecule has 0 atom stereocenters. The lowest BCUT2D eigenvalue weighted by Gasteiger charge is -2.34. The van der Waals surface area contributed by atoms with Crippen LogP contribution in [-0.4, -0.2) is 23.1 Å². The highest BCUT2D eigenvalue weighted by atomic mass is 16.6. The fourth-order valence-electron chi connectivity index (χ4n) is 3.47. The number of nitrogens with one attached hydrogen (secondary N) is 1. The van der Waals surface area contributed by atoms with Crippen LogP contribution in [0.25, 0.3) is 16.5 Å². The molecule has 6 nitrogen and oxygen atoms in total. The molecule has 0 radical (unpaired) electrons. The van der Waals surface area contributed by atoms with Crippen molar-refractivity contribution in [1.82, 2.24) is 0 Å². The van der Waals surface area contributed by atoms with Crippen molar-refractivity contribution in [3.05, 3.63) is 30.0 Å². The molecule has 1 N–H and O–H groups in total. The van der Waals surface area contributed by atoms with Gasteiger partial charge in [0.1, 0.15) is 5.60 Å². The van der Waals surface area contributed by atoms with Crippen LogP contribution in [0.1, 0.15) is 54.0 Å². The van der Waals surface area contributed by atoms with E-state index in [2.05, 4.69) is 25.2 Å². The van der Waals surface area contributed by atoms with Crippen molar-refractivity contribution in [2.24, 2.45) is 0 Å². The third-order valence-corrected chi connectivity index (χ3v) is 4.27. The molecule has 1 aromatic heterocycles. The molecule has 0 saturated heterocycles. The summed E-state index contributed by atoms with van der Waals surface area (Å²) in [5.41, 5.74) is 2.67. The number of ether oxygens (including phenoxy) is 1. The molecule has 3 rings (SSSR count). The molecule has 1 aromatic carbocycles. The number of benzene rings is 1. The maximum atomic E-state index is 12.8. The third kappa shape index (κ3) is 3.56. The van der Waals surface area contributed by atoms with Gasteiger partial charge in [0, 0.05) is 17.9 Å². The lowest BCUT2D eigenvalue weighted by Crippen LogP contribution is -2.41. The number of nitrogens with zero attached hydrogens (tertiary/aromatic N) is 1. The molecule has 144 valence electrons. The number of imide groups is 1. The van der Waals surface area contributed by atoms with Crippen LogP contribution >= 0.6 is 0 Å². The highest BCUT2D eigenvalue weighted by Gasteiger charge is 2.34. The second-order valence-electron chi connectivity index (χ2n) is 8.49. The zero-order chi connectivity index (χ0) is 20.1. The number of carbonyl (C=O) groups is 2. The molecule has 1 aliphatic heterocycles. The fraction of sp³-hybridized carbons (Fsp3) is 0.429. The molecule has 6 heteroatoms. The van der Waals surface area contributed by atoms with Gasteiger partial charge in [0.15, 0.2) is 5.58 Å². The van der Waals surface area contributed by atoms with E-state index in [1.54, 1.807) is 33.1 Å². The molecule has 2 aromatic rings. The Bertz CT molecular complexity index is 960. The summed E-state index contributed by atoms with van der Waals surface area (Å²) in [6.45, 7) is 12.7. The molecule has 0 spiro atoms. The van der Waals surface area contributed by atoms with Gasteiger partial charge in [-0.15, -0.1) is 0 Å². The molecular weight excluding hydrogens is 344 g/mol. The number of hydrogen-bond donors (Lipinski definition) is 1. The van der Waals surface area contributed by atoms with Gasteiger partial charge in [-0.3, -0.25) is 4.79 Å². The lowest BCUT2D eigenvalue weighted by molar-refractivity contribution is -0.116. The van der Waals surface area contributed by atoms with E-state index in [0.29, 0.717) is 11.3 Å². The van der Waals surface area contributed by atoms with Crippen molar-refractivity contribution in [3.8, 4) is 0 Å². The fourth-order valence-corrected chi connectivity index (χ4v) is 3.47. The first kappa shape index (κ1) is 19.0. The summed E-state index contributed by atoms with van der Waals surface area (Å²) < 4.78 is 11.2. The van der Waals surface area contributed by atoms with E-state index in [1.807, 2.05) is 13.0 Å². The van der Waals surface area contributed by atoms with Gasteiger partial charge in [-0.25, -0.2) is 9.69 Å². The molecule has 2 amide bonds. The van der Waals surface area contributed by atoms with E-state index in [9.17, 15) is 9.59 Å². The Hall–Kier alpha value is -2.76. The lowest BCUT2D eigenvalue weighted by atomic mass is 9.89. The van der Waals surface area contributed by atoms with Gasteiger partial charge in [0.05, 0.1) is 23.2 Å². The average Bonchev–Trinajstić information content (AvgIpc) is 2.91. The van der Waals surface area contributed by atoms with E-state index < -0.39 is 17.6 Å². The minimum Gasteiger partial charge on any atom is -0.462 e. The van der Waals surface area contributed by atoms with Gasteiger partial charge in [-0.2, -0.15) is 0 Å². The van der Waals surface area contributed by atoms with Gasteiger partial charge in [0.2, 0.25) is 5.91 Å². The molecule has 0 unspecified atom stereocenters. The SMILES string of the molecule is CC(=O)N(C(=O)OC(C)(C)C)c1cc2ccoc2c2c1C(C)=CC(C)(C)N2. The molecule has 2 heterocycles. The van der Waals surface area contributed by atoms with Crippen molar-refractivity contribution in [3.63, 3.8) is 0 Å². The summed E-state index contributed by atoms with van der Waals surface area (Å²) in [7, 11) is 0. The molecule has 0 fully saturated rings. The van der Waals surface area contributed by atoms with Gasteiger partial charge in [0.25, 0.3) is 0 Å². The van der Waals surface area contributed by atoms with Crippen LogP contribution in [-0.2, 0) is 9.53 Å². The summed E-state index contributed by atoms with van der Waals surface area (Å²) in [5, 5.41) is 4.26. The minimum absolute atomic E-state index is 0.289. The zero-order valence-electron chi connectivity index (χ0n) is 16.9. The first-order chi connectivity index (χ1) is 12.4. The average molecular weight is 370 g/mol. The van der Waals surface area contributed by atoms with Crippen LogP contribution < -0.4 is 10.2 Å². The van der Waals surface area contributed by atoms with E-state index in [4.69, 9.17) is 9.15 Å². The van der Waals surface area contributed by atoms with Crippen LogP contribution in [0.3, 0.4) is 0 Å². The maximum absolute atomic E-state index is 12.8. The van der Waals surface area contributed by atoms with Crippen LogP contribution in [0.2, 0.25) is 0 Å². The summed E-state index contributed by atoms with van der Waals surface area (Å²) in [5.74, 6) is -0.410. The zero-order valence-corrected chi connectivity index (χ0v) is 16.9. The number of furan rings is 1. The van der Waals surface area contributed by atoms with Crippen molar-refractivity contribution in [2.45, 2.75) is 59.6 Å². The van der Waals surface area contributed by atoms with Crippen LogP contribution in [0.4, 0.5) is 16.2 Å². The third-order valence-electron chi connectivity index (χ3n) is 4.27. The minimum atomic E-state index is -0.713. The predicted molar refractivity (Wildman–Crippen MR) is 107 cm³/mol. The number of fused-ring (bicyclic) bond motifs is 3. The molecule has 1 aliphatic rings. The van der Waals surface area contributed by atoms with Crippen molar-refractivity contribution in [2.75, 3.05) is 10.2 Å². The molecular formula is C21H26N2O4. The first-order valence-electron chi connectivity index (χ1n) is 8.95. The normalized spacial score (nSPS) is 15.6. The Kier molecular flexibility index (Phi) is 4.33. The highest BCUT2D eigenvalue weighted by Crippen LogP contribution is 2.45. The van der Waals surface area contributed by atoms with Crippen molar-refractivity contribution < 1.29 is 18.7 Å². The van der Waals surface area contributed by atoms with Crippen molar-refractivity contribution >= 4 is 39.9 Å². The van der Waals surface area contributed by atoms with E-state index in [1.165, 1.54) is 6.92 Å². The van der Waals surface area contributed by atoms with Gasteiger partial charge in [-0.05, 0) is 59.2 Å². The second-order valence-corrected chi connectivity index (χ2v) is 8.49. The monoisotopic (exact) mass is 370 g/mol. The number of amides is 2. The number of rotatable bonds is 1.